The molecule has 0 aromatic heterocycles. The predicted molar refractivity (Wildman–Crippen MR) is 86.5 cm³/mol. The summed E-state index contributed by atoms with van der Waals surface area (Å²) in [4.78, 5) is 0. The maximum Gasteiger partial charge on any atom is 0.171 e. The van der Waals surface area contributed by atoms with Crippen LogP contribution in [0.2, 0.25) is 0 Å². The van der Waals surface area contributed by atoms with Crippen LogP contribution in [0.5, 0.6) is 0 Å². The molecule has 0 radical (unpaired) electrons. The summed E-state index contributed by atoms with van der Waals surface area (Å²) in [6.07, 6.45) is 3.68. The van der Waals surface area contributed by atoms with E-state index < -0.39 is 0 Å². The number of aryl methyl sites for hydroxylation is 1. The monoisotopic (exact) mass is 294 g/mol. The van der Waals surface area contributed by atoms with Gasteiger partial charge in [-0.2, -0.15) is 0 Å². The standard InChI is InChI=1S/C16H23FN2S/c1-10-5-4-6-15(12(10)3)19-16(20)18-13-8-7-11(2)14(17)9-13/h7-10,12,15H,4-6H2,1-3H3,(H2,18,19,20)/t10-,12+,15-/m0/s1. The molecule has 1 aromatic carbocycles. The lowest BCUT2D eigenvalue weighted by Gasteiger charge is -2.35. The van der Waals surface area contributed by atoms with Gasteiger partial charge in [-0.3, -0.25) is 0 Å². The van der Waals surface area contributed by atoms with E-state index in [2.05, 4.69) is 24.5 Å². The summed E-state index contributed by atoms with van der Waals surface area (Å²) in [6.45, 7) is 6.32. The van der Waals surface area contributed by atoms with E-state index >= 15 is 0 Å². The van der Waals surface area contributed by atoms with E-state index in [0.29, 0.717) is 28.3 Å². The summed E-state index contributed by atoms with van der Waals surface area (Å²) in [7, 11) is 0. The zero-order valence-corrected chi connectivity index (χ0v) is 13.2. The molecule has 0 saturated heterocycles. The van der Waals surface area contributed by atoms with Gasteiger partial charge in [0.25, 0.3) is 0 Å². The highest BCUT2D eigenvalue weighted by molar-refractivity contribution is 7.80. The number of hydrogen-bond acceptors (Lipinski definition) is 1. The maximum absolute atomic E-state index is 13.5. The second-order valence-electron chi connectivity index (χ2n) is 5.94. The van der Waals surface area contributed by atoms with Crippen LogP contribution in [0.1, 0.15) is 38.7 Å². The van der Waals surface area contributed by atoms with Crippen LogP contribution < -0.4 is 10.6 Å². The molecule has 110 valence electrons. The van der Waals surface area contributed by atoms with Crippen molar-refractivity contribution in [2.45, 2.75) is 46.1 Å². The van der Waals surface area contributed by atoms with E-state index in [4.69, 9.17) is 12.2 Å². The number of hydrogen-bond donors (Lipinski definition) is 2. The average molecular weight is 294 g/mol. The smallest absolute Gasteiger partial charge is 0.171 e. The molecule has 2 N–H and O–H groups in total. The summed E-state index contributed by atoms with van der Waals surface area (Å²) >= 11 is 5.34. The number of benzene rings is 1. The molecule has 0 spiro atoms. The summed E-state index contributed by atoms with van der Waals surface area (Å²) in [5.41, 5.74) is 1.34. The fourth-order valence-electron chi connectivity index (χ4n) is 2.79. The maximum atomic E-state index is 13.5. The second-order valence-corrected chi connectivity index (χ2v) is 6.34. The van der Waals surface area contributed by atoms with Gasteiger partial charge in [0.15, 0.2) is 5.11 Å². The zero-order chi connectivity index (χ0) is 14.7. The molecule has 2 rings (SSSR count). The Bertz CT molecular complexity index is 489. The highest BCUT2D eigenvalue weighted by Crippen LogP contribution is 2.29. The summed E-state index contributed by atoms with van der Waals surface area (Å²) in [6, 6.07) is 5.50. The van der Waals surface area contributed by atoms with E-state index in [1.165, 1.54) is 18.9 Å². The van der Waals surface area contributed by atoms with Crippen molar-refractivity contribution in [3.63, 3.8) is 0 Å². The van der Waals surface area contributed by atoms with Gasteiger partial charge in [0.05, 0.1) is 0 Å². The topological polar surface area (TPSA) is 24.1 Å². The molecule has 0 amide bonds. The zero-order valence-electron chi connectivity index (χ0n) is 12.4. The first kappa shape index (κ1) is 15.2. The Hall–Kier alpha value is -1.16. The third-order valence-electron chi connectivity index (χ3n) is 4.45. The molecule has 1 fully saturated rings. The lowest BCUT2D eigenvalue weighted by Crippen LogP contribution is -2.45. The van der Waals surface area contributed by atoms with Crippen LogP contribution in [-0.4, -0.2) is 11.2 Å². The molecule has 1 aliphatic carbocycles. The van der Waals surface area contributed by atoms with Gasteiger partial charge in [-0.25, -0.2) is 4.39 Å². The Morgan fingerprint density at radius 2 is 2.05 bits per heavy atom. The highest BCUT2D eigenvalue weighted by Gasteiger charge is 2.27. The second kappa shape index (κ2) is 6.53. The van der Waals surface area contributed by atoms with Gasteiger partial charge in [-0.05, 0) is 55.1 Å². The molecule has 1 saturated carbocycles. The molecule has 2 nitrogen and oxygen atoms in total. The van der Waals surface area contributed by atoms with Crippen molar-refractivity contribution in [2.24, 2.45) is 11.8 Å². The van der Waals surface area contributed by atoms with Gasteiger partial charge in [-0.1, -0.05) is 32.8 Å². The van der Waals surface area contributed by atoms with Crippen molar-refractivity contribution in [2.75, 3.05) is 5.32 Å². The quantitative estimate of drug-likeness (QED) is 0.798. The molecule has 20 heavy (non-hydrogen) atoms. The fraction of sp³-hybridized carbons (Fsp3) is 0.562. The largest absolute Gasteiger partial charge is 0.359 e. The highest BCUT2D eigenvalue weighted by atomic mass is 32.1. The lowest BCUT2D eigenvalue weighted by molar-refractivity contribution is 0.225. The van der Waals surface area contributed by atoms with Crippen LogP contribution in [0.25, 0.3) is 0 Å². The van der Waals surface area contributed by atoms with Crippen LogP contribution in [0.3, 0.4) is 0 Å². The van der Waals surface area contributed by atoms with Crippen LogP contribution in [-0.2, 0) is 0 Å². The SMILES string of the molecule is Cc1ccc(NC(=S)N[C@H]2CCC[C@H](C)[C@H]2C)cc1F. The Labute approximate surface area is 126 Å². The van der Waals surface area contributed by atoms with Gasteiger partial charge in [0.2, 0.25) is 0 Å². The molecule has 0 bridgehead atoms. The van der Waals surface area contributed by atoms with E-state index in [9.17, 15) is 4.39 Å². The minimum absolute atomic E-state index is 0.211. The van der Waals surface area contributed by atoms with E-state index in [1.807, 2.05) is 6.07 Å². The summed E-state index contributed by atoms with van der Waals surface area (Å²) in [5.74, 6) is 1.12. The lowest BCUT2D eigenvalue weighted by atomic mass is 9.78. The van der Waals surface area contributed by atoms with E-state index in [-0.39, 0.29) is 5.82 Å². The molecule has 0 unspecified atom stereocenters. The Morgan fingerprint density at radius 3 is 2.75 bits per heavy atom. The molecule has 0 heterocycles. The van der Waals surface area contributed by atoms with Gasteiger partial charge < -0.3 is 10.6 Å². The number of thiocarbonyl (C=S) groups is 1. The molecule has 1 aromatic rings. The molecule has 1 aliphatic rings. The molecular formula is C16H23FN2S. The van der Waals surface area contributed by atoms with Gasteiger partial charge >= 0.3 is 0 Å². The fourth-order valence-corrected chi connectivity index (χ4v) is 3.06. The average Bonchev–Trinajstić information content (AvgIpc) is 2.39. The van der Waals surface area contributed by atoms with Crippen LogP contribution in [0, 0.1) is 24.6 Å². The van der Waals surface area contributed by atoms with Crippen molar-refractivity contribution in [1.82, 2.24) is 5.32 Å². The Kier molecular flexibility index (Phi) is 4.97. The summed E-state index contributed by atoms with van der Waals surface area (Å²) < 4.78 is 13.5. The number of nitrogens with one attached hydrogen (secondary N) is 2. The van der Waals surface area contributed by atoms with Gasteiger partial charge in [0, 0.05) is 11.7 Å². The number of anilines is 1. The third kappa shape index (κ3) is 3.69. The number of rotatable bonds is 2. The van der Waals surface area contributed by atoms with Crippen molar-refractivity contribution >= 4 is 23.0 Å². The van der Waals surface area contributed by atoms with Crippen LogP contribution in [0.4, 0.5) is 10.1 Å². The van der Waals surface area contributed by atoms with Crippen LogP contribution in [0.15, 0.2) is 18.2 Å². The third-order valence-corrected chi connectivity index (χ3v) is 4.67. The van der Waals surface area contributed by atoms with Crippen LogP contribution >= 0.6 is 12.2 Å². The van der Waals surface area contributed by atoms with Gasteiger partial charge in [0.1, 0.15) is 5.82 Å². The molecular weight excluding hydrogens is 271 g/mol. The normalized spacial score (nSPS) is 26.1. The number of halogens is 1. The van der Waals surface area contributed by atoms with E-state index in [0.717, 1.165) is 12.3 Å². The first-order valence-electron chi connectivity index (χ1n) is 7.31. The minimum Gasteiger partial charge on any atom is -0.359 e. The summed E-state index contributed by atoms with van der Waals surface area (Å²) in [5, 5.41) is 7.04. The molecule has 4 heteroatoms. The van der Waals surface area contributed by atoms with Crippen molar-refractivity contribution in [3.05, 3.63) is 29.6 Å². The van der Waals surface area contributed by atoms with Crippen molar-refractivity contribution < 1.29 is 4.39 Å². The minimum atomic E-state index is -0.211. The van der Waals surface area contributed by atoms with Crippen molar-refractivity contribution in [1.29, 1.82) is 0 Å². The van der Waals surface area contributed by atoms with E-state index in [1.54, 1.807) is 13.0 Å². The first-order valence-corrected chi connectivity index (χ1v) is 7.72. The Balaban J connectivity index is 1.93. The first-order chi connectivity index (χ1) is 9.47. The Morgan fingerprint density at radius 1 is 1.30 bits per heavy atom. The molecule has 3 atom stereocenters. The van der Waals surface area contributed by atoms with Crippen molar-refractivity contribution in [3.8, 4) is 0 Å². The predicted octanol–water partition coefficient (Wildman–Crippen LogP) is 4.25. The van der Waals surface area contributed by atoms with Gasteiger partial charge in [-0.15, -0.1) is 0 Å². The molecule has 0 aliphatic heterocycles.